The minimum Gasteiger partial charge on any atom is -0.349 e. The third kappa shape index (κ3) is 2.20. The highest BCUT2D eigenvalue weighted by Crippen LogP contribution is 2.39. The molecule has 1 atom stereocenters. The van der Waals surface area contributed by atoms with Crippen molar-refractivity contribution in [1.82, 2.24) is 4.90 Å². The third-order valence-corrected chi connectivity index (χ3v) is 3.44. The topological polar surface area (TPSA) is 37.4 Å². The second-order valence-electron chi connectivity index (χ2n) is 4.52. The Kier molecular flexibility index (Phi) is 3.20. The van der Waals surface area contributed by atoms with Crippen molar-refractivity contribution in [1.29, 1.82) is 0 Å². The van der Waals surface area contributed by atoms with Crippen LogP contribution in [0.2, 0.25) is 5.02 Å². The Balaban J connectivity index is 2.31. The lowest BCUT2D eigenvalue weighted by molar-refractivity contribution is -0.129. The second-order valence-corrected chi connectivity index (χ2v) is 4.92. The average Bonchev–Trinajstić information content (AvgIpc) is 2.57. The highest BCUT2D eigenvalue weighted by Gasteiger charge is 2.32. The number of Topliss-reactive ketones (excluding diaryl/α,β-unsaturated/α-hetero) is 1. The van der Waals surface area contributed by atoms with Crippen LogP contribution in [-0.4, -0.2) is 30.7 Å². The normalized spacial score (nSPS) is 18.1. The first-order valence-electron chi connectivity index (χ1n) is 5.52. The van der Waals surface area contributed by atoms with Gasteiger partial charge >= 0.3 is 0 Å². The van der Waals surface area contributed by atoms with Crippen LogP contribution in [0.1, 0.15) is 34.7 Å². The molecule has 1 aromatic carbocycles. The Labute approximate surface area is 105 Å². The van der Waals surface area contributed by atoms with Crippen LogP contribution >= 0.6 is 11.6 Å². The maximum Gasteiger partial charge on any atom is 0.222 e. The summed E-state index contributed by atoms with van der Waals surface area (Å²) in [5.74, 6) is 0.0377. The minimum atomic E-state index is -0.0684. The summed E-state index contributed by atoms with van der Waals surface area (Å²) in [6, 6.07) is 5.32. The van der Waals surface area contributed by atoms with Crippen LogP contribution in [0.25, 0.3) is 0 Å². The molecule has 4 heteroatoms. The summed E-state index contributed by atoms with van der Waals surface area (Å²) in [6.07, 6.45) is 0.730. The number of hydrogen-bond acceptors (Lipinski definition) is 2. The van der Waals surface area contributed by atoms with Crippen LogP contribution < -0.4 is 0 Å². The first kappa shape index (κ1) is 12.1. The van der Waals surface area contributed by atoms with Gasteiger partial charge in [-0.3, -0.25) is 9.59 Å². The van der Waals surface area contributed by atoms with E-state index in [1.54, 1.807) is 37.2 Å². The van der Waals surface area contributed by atoms with Crippen LogP contribution in [0.3, 0.4) is 0 Å². The number of hydrogen-bond donors (Lipinski definition) is 0. The van der Waals surface area contributed by atoms with E-state index in [1.807, 2.05) is 0 Å². The summed E-state index contributed by atoms with van der Waals surface area (Å²) in [7, 11) is 3.43. The number of halogens is 1. The van der Waals surface area contributed by atoms with Gasteiger partial charge in [0.05, 0.1) is 0 Å². The summed E-state index contributed by atoms with van der Waals surface area (Å²) in [4.78, 5) is 25.0. The molecule has 0 aliphatic heterocycles. The summed E-state index contributed by atoms with van der Waals surface area (Å²) in [5.41, 5.74) is 1.52. The van der Waals surface area contributed by atoms with E-state index in [1.165, 1.54) is 0 Å². The van der Waals surface area contributed by atoms with Crippen LogP contribution in [0.4, 0.5) is 0 Å². The zero-order valence-corrected chi connectivity index (χ0v) is 10.6. The van der Waals surface area contributed by atoms with E-state index in [0.29, 0.717) is 23.4 Å². The summed E-state index contributed by atoms with van der Waals surface area (Å²) < 4.78 is 0. The molecule has 1 unspecified atom stereocenters. The van der Waals surface area contributed by atoms with Gasteiger partial charge in [-0.05, 0) is 11.6 Å². The predicted molar refractivity (Wildman–Crippen MR) is 66.5 cm³/mol. The monoisotopic (exact) mass is 251 g/mol. The van der Waals surface area contributed by atoms with E-state index in [2.05, 4.69) is 0 Å². The number of fused-ring (bicyclic) bond motifs is 1. The quantitative estimate of drug-likeness (QED) is 0.810. The lowest BCUT2D eigenvalue weighted by Crippen LogP contribution is -2.23. The fourth-order valence-corrected chi connectivity index (χ4v) is 2.53. The molecule has 0 radical (unpaired) electrons. The van der Waals surface area contributed by atoms with Crippen molar-refractivity contribution < 1.29 is 9.59 Å². The largest absolute Gasteiger partial charge is 0.349 e. The number of nitrogens with zero attached hydrogens (tertiary/aromatic N) is 1. The molecule has 0 bridgehead atoms. The number of rotatable bonds is 2. The summed E-state index contributed by atoms with van der Waals surface area (Å²) in [5, 5.41) is 0.588. The highest BCUT2D eigenvalue weighted by molar-refractivity contribution is 6.32. The second kappa shape index (κ2) is 4.49. The zero-order chi connectivity index (χ0) is 12.6. The molecular formula is C13H14ClNO2. The van der Waals surface area contributed by atoms with Gasteiger partial charge < -0.3 is 4.90 Å². The molecule has 1 aromatic rings. The van der Waals surface area contributed by atoms with Crippen LogP contribution in [0.15, 0.2) is 18.2 Å². The Morgan fingerprint density at radius 1 is 1.47 bits per heavy atom. The molecule has 1 aliphatic rings. The standard InChI is InChI=1S/C13H14ClNO2/c1-15(2)12(17)7-8-6-11(16)9-4-3-5-10(14)13(8)9/h3-5,8H,6-7H2,1-2H3. The molecule has 0 heterocycles. The first-order chi connectivity index (χ1) is 8.00. The Hall–Kier alpha value is -1.35. The molecule has 1 aliphatic carbocycles. The average molecular weight is 252 g/mol. The fraction of sp³-hybridized carbons (Fsp3) is 0.385. The van der Waals surface area contributed by atoms with Gasteiger partial charge in [-0.2, -0.15) is 0 Å². The minimum absolute atomic E-state index is 0.0237. The van der Waals surface area contributed by atoms with E-state index < -0.39 is 0 Å². The van der Waals surface area contributed by atoms with Gasteiger partial charge in [-0.15, -0.1) is 0 Å². The van der Waals surface area contributed by atoms with Crippen molar-refractivity contribution in [3.05, 3.63) is 34.3 Å². The Morgan fingerprint density at radius 2 is 2.18 bits per heavy atom. The van der Waals surface area contributed by atoms with E-state index >= 15 is 0 Å². The molecule has 0 aromatic heterocycles. The van der Waals surface area contributed by atoms with E-state index in [9.17, 15) is 9.59 Å². The predicted octanol–water partition coefficient (Wildman–Crippen LogP) is 2.49. The smallest absolute Gasteiger partial charge is 0.222 e. The molecule has 3 nitrogen and oxygen atoms in total. The maximum absolute atomic E-state index is 11.8. The van der Waals surface area contributed by atoms with E-state index in [0.717, 1.165) is 5.56 Å². The van der Waals surface area contributed by atoms with Gasteiger partial charge in [0, 0.05) is 43.4 Å². The molecular weight excluding hydrogens is 238 g/mol. The van der Waals surface area contributed by atoms with E-state index in [-0.39, 0.29) is 17.6 Å². The third-order valence-electron chi connectivity index (χ3n) is 3.11. The van der Waals surface area contributed by atoms with E-state index in [4.69, 9.17) is 11.6 Å². The maximum atomic E-state index is 11.8. The fourth-order valence-electron chi connectivity index (χ4n) is 2.20. The van der Waals surface area contributed by atoms with Crippen molar-refractivity contribution in [2.45, 2.75) is 18.8 Å². The number of ketones is 1. The summed E-state index contributed by atoms with van der Waals surface area (Å²) in [6.45, 7) is 0. The van der Waals surface area contributed by atoms with Crippen LogP contribution in [-0.2, 0) is 4.79 Å². The number of carbonyl (C=O) groups is 2. The van der Waals surface area contributed by atoms with Crippen molar-refractivity contribution in [2.75, 3.05) is 14.1 Å². The molecule has 1 amide bonds. The number of carbonyl (C=O) groups excluding carboxylic acids is 2. The van der Waals surface area contributed by atoms with Gasteiger partial charge in [0.1, 0.15) is 0 Å². The molecule has 0 spiro atoms. The lowest BCUT2D eigenvalue weighted by atomic mass is 9.97. The number of benzene rings is 1. The molecule has 0 saturated carbocycles. The molecule has 0 saturated heterocycles. The lowest BCUT2D eigenvalue weighted by Gasteiger charge is -2.15. The summed E-state index contributed by atoms with van der Waals surface area (Å²) >= 11 is 6.12. The number of amides is 1. The van der Waals surface area contributed by atoms with Gasteiger partial charge in [-0.1, -0.05) is 23.7 Å². The van der Waals surface area contributed by atoms with Crippen molar-refractivity contribution in [3.63, 3.8) is 0 Å². The zero-order valence-electron chi connectivity index (χ0n) is 9.87. The highest BCUT2D eigenvalue weighted by atomic mass is 35.5. The Morgan fingerprint density at radius 3 is 2.82 bits per heavy atom. The molecule has 2 rings (SSSR count). The van der Waals surface area contributed by atoms with Gasteiger partial charge in [0.2, 0.25) is 5.91 Å². The van der Waals surface area contributed by atoms with Gasteiger partial charge in [-0.25, -0.2) is 0 Å². The van der Waals surface area contributed by atoms with Crippen molar-refractivity contribution in [3.8, 4) is 0 Å². The van der Waals surface area contributed by atoms with Gasteiger partial charge in [0.25, 0.3) is 0 Å². The molecule has 17 heavy (non-hydrogen) atoms. The van der Waals surface area contributed by atoms with Crippen LogP contribution in [0, 0.1) is 0 Å². The molecule has 0 N–H and O–H groups in total. The Bertz CT molecular complexity index is 482. The van der Waals surface area contributed by atoms with Crippen molar-refractivity contribution >= 4 is 23.3 Å². The SMILES string of the molecule is CN(C)C(=O)CC1CC(=O)c2cccc(Cl)c21. The first-order valence-corrected chi connectivity index (χ1v) is 5.90. The molecule has 0 fully saturated rings. The van der Waals surface area contributed by atoms with Gasteiger partial charge in [0.15, 0.2) is 5.78 Å². The molecule has 90 valence electrons. The van der Waals surface area contributed by atoms with Crippen molar-refractivity contribution in [2.24, 2.45) is 0 Å². The van der Waals surface area contributed by atoms with Crippen LogP contribution in [0.5, 0.6) is 0 Å².